The normalized spacial score (nSPS) is 10.5. The second-order valence-corrected chi connectivity index (χ2v) is 7.21. The SMILES string of the molecule is O=C(CCc1nc(-c2ccccn2)no1)OCC(=O)c1ccc(NC(=O)c2ccccc2)cc1. The Morgan fingerprint density at radius 2 is 1.65 bits per heavy atom. The molecule has 9 heteroatoms. The first kappa shape index (κ1) is 22.5. The van der Waals surface area contributed by atoms with Crippen molar-refractivity contribution in [2.24, 2.45) is 0 Å². The van der Waals surface area contributed by atoms with Gasteiger partial charge in [-0.05, 0) is 48.5 Å². The number of esters is 1. The van der Waals surface area contributed by atoms with Crippen LogP contribution < -0.4 is 5.32 Å². The van der Waals surface area contributed by atoms with Crippen LogP contribution in [0.4, 0.5) is 5.69 Å². The topological polar surface area (TPSA) is 124 Å². The summed E-state index contributed by atoms with van der Waals surface area (Å²) in [4.78, 5) is 44.9. The van der Waals surface area contributed by atoms with Crippen molar-refractivity contribution < 1.29 is 23.6 Å². The molecule has 0 saturated carbocycles. The average molecular weight is 456 g/mol. The van der Waals surface area contributed by atoms with Crippen LogP contribution in [0.3, 0.4) is 0 Å². The Kier molecular flexibility index (Phi) is 7.14. The summed E-state index contributed by atoms with van der Waals surface area (Å²) < 4.78 is 10.2. The van der Waals surface area contributed by atoms with Gasteiger partial charge >= 0.3 is 5.97 Å². The first-order chi connectivity index (χ1) is 16.6. The summed E-state index contributed by atoms with van der Waals surface area (Å²) in [7, 11) is 0. The van der Waals surface area contributed by atoms with Crippen LogP contribution in [0.5, 0.6) is 0 Å². The minimum atomic E-state index is -0.558. The highest BCUT2D eigenvalue weighted by molar-refractivity contribution is 6.04. The minimum Gasteiger partial charge on any atom is -0.457 e. The highest BCUT2D eigenvalue weighted by atomic mass is 16.5. The Hall–Kier alpha value is -4.66. The van der Waals surface area contributed by atoms with Crippen LogP contribution in [-0.2, 0) is 16.0 Å². The van der Waals surface area contributed by atoms with E-state index in [9.17, 15) is 14.4 Å². The van der Waals surface area contributed by atoms with Gasteiger partial charge in [0.25, 0.3) is 5.91 Å². The van der Waals surface area contributed by atoms with Gasteiger partial charge in [0.15, 0.2) is 12.4 Å². The first-order valence-corrected chi connectivity index (χ1v) is 10.5. The lowest BCUT2D eigenvalue weighted by molar-refractivity contribution is -0.142. The van der Waals surface area contributed by atoms with E-state index in [4.69, 9.17) is 9.26 Å². The van der Waals surface area contributed by atoms with Crippen LogP contribution in [0.15, 0.2) is 83.5 Å². The standard InChI is InChI=1S/C25H20N4O5/c30-21(17-9-11-19(12-10-17)27-25(32)18-6-2-1-3-7-18)16-33-23(31)14-13-22-28-24(29-34-22)20-8-4-5-15-26-20/h1-12,15H,13-14,16H2,(H,27,32). The molecule has 2 heterocycles. The minimum absolute atomic E-state index is 0.0123. The van der Waals surface area contributed by atoms with Crippen LogP contribution >= 0.6 is 0 Å². The van der Waals surface area contributed by atoms with Gasteiger partial charge in [0.1, 0.15) is 5.69 Å². The lowest BCUT2D eigenvalue weighted by atomic mass is 10.1. The molecule has 0 radical (unpaired) electrons. The molecule has 1 N–H and O–H groups in total. The lowest BCUT2D eigenvalue weighted by Crippen LogP contribution is -2.15. The number of anilines is 1. The number of nitrogens with one attached hydrogen (secondary N) is 1. The fraction of sp³-hybridized carbons (Fsp3) is 0.120. The Labute approximate surface area is 194 Å². The molecule has 170 valence electrons. The van der Waals surface area contributed by atoms with E-state index in [1.54, 1.807) is 72.9 Å². The maximum absolute atomic E-state index is 12.3. The number of pyridine rings is 1. The zero-order chi connectivity index (χ0) is 23.8. The van der Waals surface area contributed by atoms with Gasteiger partial charge in [-0.25, -0.2) is 0 Å². The zero-order valence-electron chi connectivity index (χ0n) is 18.0. The van der Waals surface area contributed by atoms with E-state index in [1.165, 1.54) is 0 Å². The molecule has 2 aromatic carbocycles. The van der Waals surface area contributed by atoms with Gasteiger partial charge in [0.05, 0.1) is 6.42 Å². The number of carbonyl (C=O) groups excluding carboxylic acids is 3. The third-order valence-corrected chi connectivity index (χ3v) is 4.77. The molecule has 4 aromatic rings. The molecular weight excluding hydrogens is 436 g/mol. The molecule has 0 fully saturated rings. The summed E-state index contributed by atoms with van der Waals surface area (Å²) in [6, 6.07) is 20.5. The van der Waals surface area contributed by atoms with Gasteiger partial charge in [-0.2, -0.15) is 4.98 Å². The van der Waals surface area contributed by atoms with E-state index in [0.717, 1.165) is 0 Å². The van der Waals surface area contributed by atoms with Gasteiger partial charge in [-0.3, -0.25) is 19.4 Å². The number of carbonyl (C=O) groups is 3. The molecule has 9 nitrogen and oxygen atoms in total. The molecule has 1 amide bonds. The van der Waals surface area contributed by atoms with Crippen molar-refractivity contribution in [3.05, 3.63) is 96.0 Å². The van der Waals surface area contributed by atoms with Crippen molar-refractivity contribution in [3.63, 3.8) is 0 Å². The van der Waals surface area contributed by atoms with Crippen molar-refractivity contribution in [2.45, 2.75) is 12.8 Å². The van der Waals surface area contributed by atoms with Crippen molar-refractivity contribution >= 4 is 23.3 Å². The van der Waals surface area contributed by atoms with E-state index in [0.29, 0.717) is 28.3 Å². The third kappa shape index (κ3) is 5.98. The van der Waals surface area contributed by atoms with Crippen molar-refractivity contribution in [1.29, 1.82) is 0 Å². The molecule has 0 spiro atoms. The molecule has 0 aliphatic heterocycles. The summed E-state index contributed by atoms with van der Waals surface area (Å²) in [5, 5.41) is 6.60. The summed E-state index contributed by atoms with van der Waals surface area (Å²) in [6.45, 7) is -0.391. The van der Waals surface area contributed by atoms with Crippen LogP contribution in [-0.4, -0.2) is 39.4 Å². The van der Waals surface area contributed by atoms with Crippen LogP contribution in [0, 0.1) is 0 Å². The van der Waals surface area contributed by atoms with Crippen molar-refractivity contribution in [1.82, 2.24) is 15.1 Å². The van der Waals surface area contributed by atoms with Gasteiger partial charge in [0.2, 0.25) is 11.7 Å². The number of nitrogens with zero attached hydrogens (tertiary/aromatic N) is 3. The Morgan fingerprint density at radius 1 is 0.882 bits per heavy atom. The maximum Gasteiger partial charge on any atom is 0.306 e. The van der Waals surface area contributed by atoms with E-state index in [-0.39, 0.29) is 30.4 Å². The second-order valence-electron chi connectivity index (χ2n) is 7.21. The van der Waals surface area contributed by atoms with E-state index in [1.807, 2.05) is 6.07 Å². The quantitative estimate of drug-likeness (QED) is 0.298. The van der Waals surface area contributed by atoms with Crippen LogP contribution in [0.1, 0.15) is 33.0 Å². The molecule has 34 heavy (non-hydrogen) atoms. The van der Waals surface area contributed by atoms with Gasteiger partial charge in [-0.1, -0.05) is 29.4 Å². The van der Waals surface area contributed by atoms with Crippen LogP contribution in [0.25, 0.3) is 11.5 Å². The lowest BCUT2D eigenvalue weighted by Gasteiger charge is -2.07. The third-order valence-electron chi connectivity index (χ3n) is 4.77. The predicted molar refractivity (Wildman–Crippen MR) is 122 cm³/mol. The molecule has 0 aliphatic carbocycles. The summed E-state index contributed by atoms with van der Waals surface area (Å²) in [5.74, 6) is -0.552. The number of rotatable bonds is 9. The fourth-order valence-corrected chi connectivity index (χ4v) is 3.00. The largest absolute Gasteiger partial charge is 0.457 e. The number of aromatic nitrogens is 3. The number of aryl methyl sites for hydroxylation is 1. The molecule has 2 aromatic heterocycles. The number of ketones is 1. The monoisotopic (exact) mass is 456 g/mol. The number of hydrogen-bond acceptors (Lipinski definition) is 8. The molecule has 0 saturated heterocycles. The Bertz CT molecular complexity index is 1270. The molecule has 4 rings (SSSR count). The Morgan fingerprint density at radius 3 is 2.38 bits per heavy atom. The van der Waals surface area contributed by atoms with E-state index >= 15 is 0 Å². The van der Waals surface area contributed by atoms with Gasteiger partial charge < -0.3 is 14.6 Å². The number of ether oxygens (including phenoxy) is 1. The van der Waals surface area contributed by atoms with Crippen LogP contribution in [0.2, 0.25) is 0 Å². The second kappa shape index (κ2) is 10.8. The summed E-state index contributed by atoms with van der Waals surface area (Å²) in [6.07, 6.45) is 1.79. The number of amides is 1. The molecule has 0 aliphatic rings. The fourth-order valence-electron chi connectivity index (χ4n) is 3.00. The first-order valence-electron chi connectivity index (χ1n) is 10.5. The Balaban J connectivity index is 1.22. The van der Waals surface area contributed by atoms with E-state index in [2.05, 4.69) is 20.4 Å². The number of Topliss-reactive ketones (excluding diaryl/α,β-unsaturated/α-hetero) is 1. The predicted octanol–water partition coefficient (Wildman–Crippen LogP) is 3.74. The van der Waals surface area contributed by atoms with Gasteiger partial charge in [-0.15, -0.1) is 0 Å². The molecule has 0 bridgehead atoms. The van der Waals surface area contributed by atoms with Gasteiger partial charge in [0, 0.05) is 29.4 Å². The highest BCUT2D eigenvalue weighted by Gasteiger charge is 2.14. The molecule has 0 unspecified atom stereocenters. The molecular formula is C25H20N4O5. The summed E-state index contributed by atoms with van der Waals surface area (Å²) in [5.41, 5.74) is 2.01. The summed E-state index contributed by atoms with van der Waals surface area (Å²) >= 11 is 0. The average Bonchev–Trinajstić information content (AvgIpc) is 3.37. The smallest absolute Gasteiger partial charge is 0.306 e. The molecule has 0 atom stereocenters. The zero-order valence-corrected chi connectivity index (χ0v) is 18.0. The maximum atomic E-state index is 12.3. The van der Waals surface area contributed by atoms with Crippen molar-refractivity contribution in [2.75, 3.05) is 11.9 Å². The number of hydrogen-bond donors (Lipinski definition) is 1. The van der Waals surface area contributed by atoms with Crippen molar-refractivity contribution in [3.8, 4) is 11.5 Å². The van der Waals surface area contributed by atoms with E-state index < -0.39 is 12.6 Å². The highest BCUT2D eigenvalue weighted by Crippen LogP contribution is 2.14. The number of benzene rings is 2.